The SMILES string of the molecule is CSc1nc(Cl)cc(NC2(C)CCOC2)n1. The Hall–Kier alpha value is -0.520. The van der Waals surface area contributed by atoms with Crippen LogP contribution in [0.5, 0.6) is 0 Å². The molecule has 0 radical (unpaired) electrons. The first-order valence-electron chi connectivity index (χ1n) is 5.06. The van der Waals surface area contributed by atoms with Crippen molar-refractivity contribution in [1.29, 1.82) is 0 Å². The number of rotatable bonds is 3. The summed E-state index contributed by atoms with van der Waals surface area (Å²) in [6.45, 7) is 3.61. The van der Waals surface area contributed by atoms with Gasteiger partial charge < -0.3 is 10.1 Å². The Morgan fingerprint density at radius 2 is 2.38 bits per heavy atom. The summed E-state index contributed by atoms with van der Waals surface area (Å²) >= 11 is 7.40. The van der Waals surface area contributed by atoms with Gasteiger partial charge in [0.05, 0.1) is 12.1 Å². The molecule has 2 rings (SSSR count). The molecule has 88 valence electrons. The van der Waals surface area contributed by atoms with Crippen LogP contribution in [-0.4, -0.2) is 35.0 Å². The molecule has 0 aromatic carbocycles. The van der Waals surface area contributed by atoms with Crippen LogP contribution in [0.1, 0.15) is 13.3 Å². The Kier molecular flexibility index (Phi) is 3.56. The second-order valence-electron chi connectivity index (χ2n) is 4.05. The predicted octanol–water partition coefficient (Wildman–Crippen LogP) is 2.44. The van der Waals surface area contributed by atoms with Gasteiger partial charge in [-0.1, -0.05) is 23.4 Å². The van der Waals surface area contributed by atoms with Crippen molar-refractivity contribution in [3.63, 3.8) is 0 Å². The van der Waals surface area contributed by atoms with E-state index in [9.17, 15) is 0 Å². The van der Waals surface area contributed by atoms with Crippen LogP contribution in [0.15, 0.2) is 11.2 Å². The average Bonchev–Trinajstić information content (AvgIpc) is 2.63. The smallest absolute Gasteiger partial charge is 0.190 e. The molecule has 0 amide bonds. The van der Waals surface area contributed by atoms with Crippen molar-refractivity contribution in [3.8, 4) is 0 Å². The average molecular weight is 260 g/mol. The topological polar surface area (TPSA) is 47.0 Å². The molecule has 4 nitrogen and oxygen atoms in total. The Morgan fingerprint density at radius 3 is 3.00 bits per heavy atom. The van der Waals surface area contributed by atoms with Gasteiger partial charge in [-0.2, -0.15) is 0 Å². The zero-order valence-electron chi connectivity index (χ0n) is 9.29. The highest BCUT2D eigenvalue weighted by molar-refractivity contribution is 7.98. The number of ether oxygens (including phenoxy) is 1. The first-order valence-corrected chi connectivity index (χ1v) is 6.66. The molecule has 1 aliphatic heterocycles. The van der Waals surface area contributed by atoms with E-state index in [0.717, 1.165) is 18.8 Å². The fourth-order valence-electron chi connectivity index (χ4n) is 1.63. The summed E-state index contributed by atoms with van der Waals surface area (Å²) in [6.07, 6.45) is 2.90. The number of hydrogen-bond donors (Lipinski definition) is 1. The highest BCUT2D eigenvalue weighted by atomic mass is 35.5. The number of thioether (sulfide) groups is 1. The minimum atomic E-state index is -0.0483. The summed E-state index contributed by atoms with van der Waals surface area (Å²) in [5, 5.41) is 4.50. The van der Waals surface area contributed by atoms with Crippen LogP contribution in [0.3, 0.4) is 0 Å². The second kappa shape index (κ2) is 4.77. The van der Waals surface area contributed by atoms with Crippen LogP contribution in [-0.2, 0) is 4.74 Å². The van der Waals surface area contributed by atoms with Crippen LogP contribution < -0.4 is 5.32 Å². The summed E-state index contributed by atoms with van der Waals surface area (Å²) in [4.78, 5) is 8.46. The number of nitrogens with one attached hydrogen (secondary N) is 1. The molecule has 0 aliphatic carbocycles. The van der Waals surface area contributed by atoms with Gasteiger partial charge in [0.25, 0.3) is 0 Å². The van der Waals surface area contributed by atoms with E-state index in [1.165, 1.54) is 11.8 Å². The van der Waals surface area contributed by atoms with Gasteiger partial charge in [0, 0.05) is 12.7 Å². The van der Waals surface area contributed by atoms with Crippen molar-refractivity contribution >= 4 is 29.2 Å². The molecule has 1 aromatic rings. The van der Waals surface area contributed by atoms with Crippen molar-refractivity contribution < 1.29 is 4.74 Å². The van der Waals surface area contributed by atoms with E-state index in [2.05, 4.69) is 22.2 Å². The molecule has 1 N–H and O–H groups in total. The molecular weight excluding hydrogens is 246 g/mol. The highest BCUT2D eigenvalue weighted by Gasteiger charge is 2.29. The maximum atomic E-state index is 5.92. The first-order chi connectivity index (χ1) is 7.61. The molecule has 1 fully saturated rings. The normalized spacial score (nSPS) is 24.7. The van der Waals surface area contributed by atoms with Gasteiger partial charge in [0.2, 0.25) is 0 Å². The lowest BCUT2D eigenvalue weighted by Crippen LogP contribution is -2.35. The number of aromatic nitrogens is 2. The highest BCUT2D eigenvalue weighted by Crippen LogP contribution is 2.25. The summed E-state index contributed by atoms with van der Waals surface area (Å²) in [7, 11) is 0. The van der Waals surface area contributed by atoms with E-state index in [1.807, 2.05) is 6.26 Å². The Balaban J connectivity index is 2.17. The van der Waals surface area contributed by atoms with Crippen molar-refractivity contribution in [2.45, 2.75) is 24.0 Å². The molecule has 1 aliphatic rings. The lowest BCUT2D eigenvalue weighted by molar-refractivity contribution is 0.185. The lowest BCUT2D eigenvalue weighted by Gasteiger charge is -2.24. The van der Waals surface area contributed by atoms with Crippen LogP contribution in [0.4, 0.5) is 5.82 Å². The standard InChI is InChI=1S/C10H14ClN3OS/c1-10(3-4-15-6-10)14-8-5-7(11)12-9(13-8)16-2/h5H,3-4,6H2,1-2H3,(H,12,13,14). The van der Waals surface area contributed by atoms with Crippen LogP contribution in [0.2, 0.25) is 5.15 Å². The van der Waals surface area contributed by atoms with Crippen molar-refractivity contribution in [2.24, 2.45) is 0 Å². The maximum Gasteiger partial charge on any atom is 0.190 e. The van der Waals surface area contributed by atoms with Gasteiger partial charge >= 0.3 is 0 Å². The number of hydrogen-bond acceptors (Lipinski definition) is 5. The quantitative estimate of drug-likeness (QED) is 0.513. The van der Waals surface area contributed by atoms with E-state index < -0.39 is 0 Å². The minimum absolute atomic E-state index is 0.0483. The lowest BCUT2D eigenvalue weighted by atomic mass is 10.0. The Labute approximate surface area is 104 Å². The number of nitrogens with zero attached hydrogens (tertiary/aromatic N) is 2. The van der Waals surface area contributed by atoms with Gasteiger partial charge in [-0.3, -0.25) is 0 Å². The minimum Gasteiger partial charge on any atom is -0.379 e. The molecule has 1 atom stereocenters. The summed E-state index contributed by atoms with van der Waals surface area (Å²) in [5.41, 5.74) is -0.0483. The molecule has 2 heterocycles. The van der Waals surface area contributed by atoms with Gasteiger partial charge in [-0.05, 0) is 19.6 Å². The Morgan fingerprint density at radius 1 is 1.56 bits per heavy atom. The van der Waals surface area contributed by atoms with E-state index in [-0.39, 0.29) is 5.54 Å². The molecule has 0 saturated carbocycles. The predicted molar refractivity (Wildman–Crippen MR) is 66.3 cm³/mol. The molecule has 1 aromatic heterocycles. The molecule has 0 spiro atoms. The third-order valence-electron chi connectivity index (χ3n) is 2.51. The number of halogens is 1. The first kappa shape index (κ1) is 12.0. The zero-order chi connectivity index (χ0) is 11.6. The van der Waals surface area contributed by atoms with Crippen LogP contribution in [0.25, 0.3) is 0 Å². The Bertz CT molecular complexity index is 382. The molecule has 1 saturated heterocycles. The molecule has 6 heteroatoms. The monoisotopic (exact) mass is 259 g/mol. The van der Waals surface area contributed by atoms with E-state index >= 15 is 0 Å². The van der Waals surface area contributed by atoms with Gasteiger partial charge in [-0.25, -0.2) is 9.97 Å². The zero-order valence-corrected chi connectivity index (χ0v) is 10.9. The van der Waals surface area contributed by atoms with Gasteiger partial charge in [0.15, 0.2) is 5.16 Å². The maximum absolute atomic E-state index is 5.92. The summed E-state index contributed by atoms with van der Waals surface area (Å²) in [5.74, 6) is 0.761. The van der Waals surface area contributed by atoms with Gasteiger partial charge in [0.1, 0.15) is 11.0 Å². The third-order valence-corrected chi connectivity index (χ3v) is 3.25. The van der Waals surface area contributed by atoms with Crippen molar-refractivity contribution in [3.05, 3.63) is 11.2 Å². The summed E-state index contributed by atoms with van der Waals surface area (Å²) in [6, 6.07) is 1.74. The van der Waals surface area contributed by atoms with Crippen molar-refractivity contribution in [2.75, 3.05) is 24.8 Å². The fourth-order valence-corrected chi connectivity index (χ4v) is 2.24. The third kappa shape index (κ3) is 2.78. The largest absolute Gasteiger partial charge is 0.379 e. The molecule has 0 bridgehead atoms. The fraction of sp³-hybridized carbons (Fsp3) is 0.600. The van der Waals surface area contributed by atoms with E-state index in [0.29, 0.717) is 16.9 Å². The van der Waals surface area contributed by atoms with Crippen LogP contribution >= 0.6 is 23.4 Å². The van der Waals surface area contributed by atoms with E-state index in [1.54, 1.807) is 6.07 Å². The molecule has 16 heavy (non-hydrogen) atoms. The summed E-state index contributed by atoms with van der Waals surface area (Å²) < 4.78 is 5.38. The van der Waals surface area contributed by atoms with Crippen LogP contribution in [0, 0.1) is 0 Å². The van der Waals surface area contributed by atoms with E-state index in [4.69, 9.17) is 16.3 Å². The molecular formula is C10H14ClN3OS. The molecule has 1 unspecified atom stereocenters. The number of anilines is 1. The van der Waals surface area contributed by atoms with Gasteiger partial charge in [-0.15, -0.1) is 0 Å². The second-order valence-corrected chi connectivity index (χ2v) is 5.21. The van der Waals surface area contributed by atoms with Crippen molar-refractivity contribution in [1.82, 2.24) is 9.97 Å².